The maximum absolute atomic E-state index is 5.63. The molecule has 0 aliphatic heterocycles. The fourth-order valence-corrected chi connectivity index (χ4v) is 4.76. The van der Waals surface area contributed by atoms with E-state index in [9.17, 15) is 0 Å². The van der Waals surface area contributed by atoms with Gasteiger partial charge in [0.05, 0.1) is 7.11 Å². The molecular formula is C19H24O. The third-order valence-electron chi connectivity index (χ3n) is 5.89. The van der Waals surface area contributed by atoms with Crippen LogP contribution in [-0.4, -0.2) is 7.11 Å². The zero-order valence-corrected chi connectivity index (χ0v) is 12.8. The minimum absolute atomic E-state index is 0.374. The Morgan fingerprint density at radius 1 is 1.20 bits per heavy atom. The second-order valence-electron chi connectivity index (χ2n) is 7.33. The summed E-state index contributed by atoms with van der Waals surface area (Å²) in [6.45, 7) is 4.66. The second-order valence-corrected chi connectivity index (χ2v) is 7.33. The van der Waals surface area contributed by atoms with Gasteiger partial charge in [-0.25, -0.2) is 0 Å². The lowest BCUT2D eigenvalue weighted by atomic mass is 9.67. The lowest BCUT2D eigenvalue weighted by Gasteiger charge is -2.37. The predicted molar refractivity (Wildman–Crippen MR) is 83.1 cm³/mol. The van der Waals surface area contributed by atoms with Gasteiger partial charge in [-0.05, 0) is 73.0 Å². The highest BCUT2D eigenvalue weighted by Crippen LogP contribution is 2.62. The van der Waals surface area contributed by atoms with Gasteiger partial charge in [0.25, 0.3) is 0 Å². The fraction of sp³-hybridized carbons (Fsp3) is 0.579. The number of aryl methyl sites for hydroxylation is 1. The van der Waals surface area contributed by atoms with Crippen molar-refractivity contribution in [3.8, 4) is 5.75 Å². The highest BCUT2D eigenvalue weighted by atomic mass is 16.5. The molecule has 3 aliphatic carbocycles. The average Bonchev–Trinajstić information content (AvgIpc) is 3.20. The quantitative estimate of drug-likeness (QED) is 0.738. The van der Waals surface area contributed by atoms with Crippen LogP contribution in [0.1, 0.15) is 55.2 Å². The van der Waals surface area contributed by atoms with E-state index in [0.717, 1.165) is 17.6 Å². The summed E-state index contributed by atoms with van der Waals surface area (Å²) in [7, 11) is 1.80. The third-order valence-corrected chi connectivity index (χ3v) is 5.89. The van der Waals surface area contributed by atoms with Crippen LogP contribution < -0.4 is 4.74 Å². The van der Waals surface area contributed by atoms with Gasteiger partial charge in [0, 0.05) is 5.56 Å². The zero-order valence-electron chi connectivity index (χ0n) is 12.8. The van der Waals surface area contributed by atoms with Crippen LogP contribution in [-0.2, 0) is 0 Å². The van der Waals surface area contributed by atoms with Crippen molar-refractivity contribution in [2.45, 2.75) is 45.4 Å². The molecule has 3 atom stereocenters. The molecule has 0 bridgehead atoms. The van der Waals surface area contributed by atoms with E-state index in [0.29, 0.717) is 11.3 Å². The van der Waals surface area contributed by atoms with Crippen molar-refractivity contribution in [3.63, 3.8) is 0 Å². The third kappa shape index (κ3) is 1.68. The van der Waals surface area contributed by atoms with Gasteiger partial charge < -0.3 is 4.74 Å². The van der Waals surface area contributed by atoms with Crippen molar-refractivity contribution < 1.29 is 4.74 Å². The molecule has 0 saturated heterocycles. The van der Waals surface area contributed by atoms with Crippen LogP contribution >= 0.6 is 0 Å². The Morgan fingerprint density at radius 2 is 2.00 bits per heavy atom. The molecule has 1 aromatic rings. The highest BCUT2D eigenvalue weighted by Gasteiger charge is 2.51. The zero-order chi connectivity index (χ0) is 13.9. The number of methoxy groups -OCH3 is 1. The van der Waals surface area contributed by atoms with E-state index in [-0.39, 0.29) is 0 Å². The highest BCUT2D eigenvalue weighted by molar-refractivity contribution is 5.67. The molecule has 2 fully saturated rings. The van der Waals surface area contributed by atoms with Crippen LogP contribution in [0.5, 0.6) is 5.75 Å². The van der Waals surface area contributed by atoms with Gasteiger partial charge in [-0.2, -0.15) is 0 Å². The van der Waals surface area contributed by atoms with Crippen molar-refractivity contribution >= 4 is 6.08 Å². The van der Waals surface area contributed by atoms with Gasteiger partial charge in [0.15, 0.2) is 0 Å². The Balaban J connectivity index is 1.88. The molecule has 20 heavy (non-hydrogen) atoms. The molecule has 1 heteroatoms. The smallest absolute Gasteiger partial charge is 0.126 e. The predicted octanol–water partition coefficient (Wildman–Crippen LogP) is 4.94. The van der Waals surface area contributed by atoms with Crippen molar-refractivity contribution in [3.05, 3.63) is 34.9 Å². The van der Waals surface area contributed by atoms with Gasteiger partial charge >= 0.3 is 0 Å². The molecule has 0 aromatic heterocycles. The summed E-state index contributed by atoms with van der Waals surface area (Å²) < 4.78 is 5.63. The fourth-order valence-electron chi connectivity index (χ4n) is 4.76. The monoisotopic (exact) mass is 268 g/mol. The minimum atomic E-state index is 0.374. The van der Waals surface area contributed by atoms with E-state index >= 15 is 0 Å². The maximum atomic E-state index is 5.63. The number of benzene rings is 1. The number of rotatable bonds is 2. The molecule has 1 aromatic carbocycles. The minimum Gasteiger partial charge on any atom is -0.496 e. The molecule has 1 nitrogen and oxygen atoms in total. The summed E-state index contributed by atoms with van der Waals surface area (Å²) in [5.41, 5.74) is 4.60. The molecular weight excluding hydrogens is 244 g/mol. The SMILES string of the molecule is COc1cc(C)cc2c1C=C[C@]1(C)CC[C@H](C3CC3)[C@H]21. The Bertz CT molecular complexity index is 582. The lowest BCUT2D eigenvalue weighted by Crippen LogP contribution is -2.26. The summed E-state index contributed by atoms with van der Waals surface area (Å²) in [5.74, 6) is 3.66. The number of fused-ring (bicyclic) bond motifs is 3. The van der Waals surface area contributed by atoms with Gasteiger partial charge in [0.1, 0.15) is 5.75 Å². The normalized spacial score (nSPS) is 34.8. The molecule has 3 aliphatic rings. The van der Waals surface area contributed by atoms with E-state index in [4.69, 9.17) is 4.74 Å². The Hall–Kier alpha value is -1.24. The van der Waals surface area contributed by atoms with Crippen LogP contribution in [0.3, 0.4) is 0 Å². The topological polar surface area (TPSA) is 9.23 Å². The van der Waals surface area contributed by atoms with E-state index in [1.165, 1.54) is 36.8 Å². The van der Waals surface area contributed by atoms with Crippen molar-refractivity contribution in [1.29, 1.82) is 0 Å². The van der Waals surface area contributed by atoms with Crippen molar-refractivity contribution in [2.24, 2.45) is 17.3 Å². The molecule has 0 amide bonds. The van der Waals surface area contributed by atoms with Gasteiger partial charge in [-0.3, -0.25) is 0 Å². The summed E-state index contributed by atoms with van der Waals surface area (Å²) >= 11 is 0. The summed E-state index contributed by atoms with van der Waals surface area (Å²) in [5, 5.41) is 0. The summed E-state index contributed by atoms with van der Waals surface area (Å²) in [4.78, 5) is 0. The van der Waals surface area contributed by atoms with Gasteiger partial charge in [-0.15, -0.1) is 0 Å². The lowest BCUT2D eigenvalue weighted by molar-refractivity contribution is 0.318. The van der Waals surface area contributed by atoms with Crippen LogP contribution in [0.4, 0.5) is 0 Å². The molecule has 0 N–H and O–H groups in total. The average molecular weight is 268 g/mol. The molecule has 0 heterocycles. The number of hydrogen-bond donors (Lipinski definition) is 0. The number of hydrogen-bond acceptors (Lipinski definition) is 1. The van der Waals surface area contributed by atoms with E-state index < -0.39 is 0 Å². The van der Waals surface area contributed by atoms with Crippen LogP contribution in [0, 0.1) is 24.2 Å². The molecule has 2 saturated carbocycles. The maximum Gasteiger partial charge on any atom is 0.126 e. The summed E-state index contributed by atoms with van der Waals surface area (Å²) in [6, 6.07) is 4.60. The Labute approximate surface area is 122 Å². The molecule has 106 valence electrons. The first-order valence-electron chi connectivity index (χ1n) is 8.00. The van der Waals surface area contributed by atoms with Crippen LogP contribution in [0.25, 0.3) is 6.08 Å². The van der Waals surface area contributed by atoms with E-state index in [1.807, 2.05) is 0 Å². The molecule has 0 unspecified atom stereocenters. The van der Waals surface area contributed by atoms with E-state index in [2.05, 4.69) is 38.1 Å². The van der Waals surface area contributed by atoms with Crippen LogP contribution in [0.15, 0.2) is 18.2 Å². The van der Waals surface area contributed by atoms with Crippen molar-refractivity contribution in [2.75, 3.05) is 7.11 Å². The first-order chi connectivity index (χ1) is 9.62. The first kappa shape index (κ1) is 12.5. The molecule has 4 rings (SSSR count). The number of allylic oxidation sites excluding steroid dienone is 1. The van der Waals surface area contributed by atoms with Crippen molar-refractivity contribution in [1.82, 2.24) is 0 Å². The number of ether oxygens (including phenoxy) is 1. The van der Waals surface area contributed by atoms with Gasteiger partial charge in [-0.1, -0.05) is 25.1 Å². The second kappa shape index (κ2) is 4.13. The molecule has 0 spiro atoms. The van der Waals surface area contributed by atoms with Gasteiger partial charge in [0.2, 0.25) is 0 Å². The van der Waals surface area contributed by atoms with E-state index in [1.54, 1.807) is 12.7 Å². The largest absolute Gasteiger partial charge is 0.496 e. The Morgan fingerprint density at radius 3 is 2.70 bits per heavy atom. The Kier molecular flexibility index (Phi) is 2.58. The standard InChI is InChI=1S/C19H24O/c1-12-10-16-15(17(11-12)20-3)7-9-19(2)8-6-14(18(16)19)13-4-5-13/h7,9-11,13-14,18H,4-6,8H2,1-3H3/t14-,18-,19+/m1/s1. The first-order valence-corrected chi connectivity index (χ1v) is 8.00. The van der Waals surface area contributed by atoms with Crippen LogP contribution in [0.2, 0.25) is 0 Å². The molecule has 0 radical (unpaired) electrons. The summed E-state index contributed by atoms with van der Waals surface area (Å²) in [6.07, 6.45) is 10.5.